The van der Waals surface area contributed by atoms with Crippen LogP contribution in [0.25, 0.3) is 6.08 Å². The molecular formula is C13H8BrN3OS2. The van der Waals surface area contributed by atoms with Crippen molar-refractivity contribution in [2.45, 2.75) is 0 Å². The number of aliphatic imine (C=N–C) groups is 1. The van der Waals surface area contributed by atoms with E-state index in [1.165, 1.54) is 23.1 Å². The number of hydrogen-bond acceptors (Lipinski definition) is 5. The number of benzene rings is 1. The number of amidine groups is 1. The zero-order chi connectivity index (χ0) is 13.9. The molecule has 0 saturated carbocycles. The summed E-state index contributed by atoms with van der Waals surface area (Å²) in [5, 5.41) is 5.78. The van der Waals surface area contributed by atoms with Crippen molar-refractivity contribution in [2.75, 3.05) is 0 Å². The number of thioether (sulfide) groups is 1. The molecule has 1 aromatic carbocycles. The van der Waals surface area contributed by atoms with Gasteiger partial charge in [0, 0.05) is 16.0 Å². The van der Waals surface area contributed by atoms with E-state index >= 15 is 0 Å². The Kier molecular flexibility index (Phi) is 4.00. The van der Waals surface area contributed by atoms with E-state index in [2.05, 4.69) is 31.2 Å². The standard InChI is InChI=1S/C13H8BrN3OS2/c14-9-3-1-8(2-4-9)7-10-11(18)16-13(20-10)17-12-15-5-6-19-12/h1-7H,(H,15,16,17,18)/b10-7-. The summed E-state index contributed by atoms with van der Waals surface area (Å²) in [6.07, 6.45) is 3.53. The van der Waals surface area contributed by atoms with Crippen LogP contribution in [0.2, 0.25) is 0 Å². The third-order valence-corrected chi connectivity index (χ3v) is 4.54. The number of carbonyl (C=O) groups is 1. The summed E-state index contributed by atoms with van der Waals surface area (Å²) in [6.45, 7) is 0. The van der Waals surface area contributed by atoms with Crippen LogP contribution in [0.5, 0.6) is 0 Å². The highest BCUT2D eigenvalue weighted by Gasteiger charge is 2.23. The number of aromatic nitrogens is 1. The lowest BCUT2D eigenvalue weighted by molar-refractivity contribution is -0.115. The summed E-state index contributed by atoms with van der Waals surface area (Å²) in [4.78, 5) is 20.9. The van der Waals surface area contributed by atoms with Crippen molar-refractivity contribution in [1.82, 2.24) is 10.3 Å². The zero-order valence-electron chi connectivity index (χ0n) is 10.0. The maximum absolute atomic E-state index is 11.9. The van der Waals surface area contributed by atoms with E-state index in [0.717, 1.165) is 10.0 Å². The number of rotatable bonds is 2. The fourth-order valence-corrected chi connectivity index (χ4v) is 3.20. The topological polar surface area (TPSA) is 54.4 Å². The molecule has 0 bridgehead atoms. The molecule has 20 heavy (non-hydrogen) atoms. The van der Waals surface area contributed by atoms with Crippen molar-refractivity contribution in [1.29, 1.82) is 0 Å². The predicted octanol–water partition coefficient (Wildman–Crippen LogP) is 3.80. The molecule has 1 aromatic heterocycles. The Bertz CT molecular complexity index is 693. The van der Waals surface area contributed by atoms with Gasteiger partial charge in [0.2, 0.25) is 5.13 Å². The summed E-state index contributed by atoms with van der Waals surface area (Å²) in [5.41, 5.74) is 0.973. The Morgan fingerprint density at radius 2 is 2.10 bits per heavy atom. The van der Waals surface area contributed by atoms with Gasteiger partial charge < -0.3 is 5.32 Å². The molecule has 4 nitrogen and oxygen atoms in total. The fourth-order valence-electron chi connectivity index (χ4n) is 1.55. The minimum Gasteiger partial charge on any atom is -0.300 e. The van der Waals surface area contributed by atoms with Crippen molar-refractivity contribution in [3.8, 4) is 0 Å². The van der Waals surface area contributed by atoms with Gasteiger partial charge in [0.05, 0.1) is 4.91 Å². The van der Waals surface area contributed by atoms with E-state index < -0.39 is 0 Å². The fraction of sp³-hybridized carbons (Fsp3) is 0. The second-order valence-electron chi connectivity index (χ2n) is 3.85. The first-order valence-corrected chi connectivity index (χ1v) is 8.14. The monoisotopic (exact) mass is 365 g/mol. The summed E-state index contributed by atoms with van der Waals surface area (Å²) >= 11 is 6.13. The molecule has 1 aliphatic heterocycles. The molecule has 7 heteroatoms. The smallest absolute Gasteiger partial charge is 0.264 e. The maximum atomic E-state index is 11.9. The summed E-state index contributed by atoms with van der Waals surface area (Å²) in [5.74, 6) is -0.131. The average molecular weight is 366 g/mol. The van der Waals surface area contributed by atoms with Crippen LogP contribution in [-0.2, 0) is 4.79 Å². The van der Waals surface area contributed by atoms with Gasteiger partial charge in [-0.15, -0.1) is 11.3 Å². The van der Waals surface area contributed by atoms with Gasteiger partial charge in [0.25, 0.3) is 5.91 Å². The number of halogens is 1. The summed E-state index contributed by atoms with van der Waals surface area (Å²) in [6, 6.07) is 7.77. The van der Waals surface area contributed by atoms with Gasteiger partial charge in [-0.25, -0.2) is 4.98 Å². The lowest BCUT2D eigenvalue weighted by atomic mass is 10.2. The van der Waals surface area contributed by atoms with Gasteiger partial charge >= 0.3 is 0 Å². The Balaban J connectivity index is 1.82. The minimum atomic E-state index is -0.131. The Morgan fingerprint density at radius 1 is 1.30 bits per heavy atom. The van der Waals surface area contributed by atoms with Crippen molar-refractivity contribution in [3.05, 3.63) is 50.8 Å². The summed E-state index contributed by atoms with van der Waals surface area (Å²) in [7, 11) is 0. The van der Waals surface area contributed by atoms with Crippen molar-refractivity contribution >= 4 is 61.3 Å². The molecule has 3 rings (SSSR count). The molecule has 2 aromatic rings. The normalized spacial score (nSPS) is 18.8. The van der Waals surface area contributed by atoms with Crippen LogP contribution in [0.4, 0.5) is 5.13 Å². The van der Waals surface area contributed by atoms with Gasteiger partial charge in [-0.05, 0) is 35.5 Å². The van der Waals surface area contributed by atoms with Crippen LogP contribution in [0.15, 0.2) is 50.2 Å². The van der Waals surface area contributed by atoms with Gasteiger partial charge in [-0.3, -0.25) is 4.79 Å². The molecule has 100 valence electrons. The molecule has 0 unspecified atom stereocenters. The molecule has 1 N–H and O–H groups in total. The zero-order valence-corrected chi connectivity index (χ0v) is 13.3. The molecule has 1 amide bonds. The van der Waals surface area contributed by atoms with Crippen LogP contribution in [0, 0.1) is 0 Å². The Labute approximate surface area is 132 Å². The Morgan fingerprint density at radius 3 is 2.80 bits per heavy atom. The number of nitrogens with one attached hydrogen (secondary N) is 1. The molecule has 1 fully saturated rings. The molecule has 0 aliphatic carbocycles. The SMILES string of the molecule is O=C1NC(=Nc2nccs2)S/C1=C\c1ccc(Br)cc1. The van der Waals surface area contributed by atoms with E-state index in [4.69, 9.17) is 0 Å². The Hall–Kier alpha value is -1.44. The third kappa shape index (κ3) is 3.17. The van der Waals surface area contributed by atoms with Crippen molar-refractivity contribution in [2.24, 2.45) is 4.99 Å². The number of hydrogen-bond donors (Lipinski definition) is 1. The van der Waals surface area contributed by atoms with Crippen molar-refractivity contribution in [3.63, 3.8) is 0 Å². The highest BCUT2D eigenvalue weighted by molar-refractivity contribution is 9.10. The molecule has 1 saturated heterocycles. The number of nitrogens with zero attached hydrogens (tertiary/aromatic N) is 2. The van der Waals surface area contributed by atoms with E-state index in [1.807, 2.05) is 35.7 Å². The lowest BCUT2D eigenvalue weighted by Crippen LogP contribution is -2.19. The number of thiazole rings is 1. The van der Waals surface area contributed by atoms with Gasteiger partial charge in [0.1, 0.15) is 0 Å². The van der Waals surface area contributed by atoms with Crippen LogP contribution < -0.4 is 5.32 Å². The van der Waals surface area contributed by atoms with Crippen LogP contribution >= 0.6 is 39.0 Å². The largest absolute Gasteiger partial charge is 0.300 e. The molecule has 0 atom stereocenters. The van der Waals surface area contributed by atoms with Crippen LogP contribution in [0.3, 0.4) is 0 Å². The van der Waals surface area contributed by atoms with E-state index in [1.54, 1.807) is 6.20 Å². The second-order valence-corrected chi connectivity index (χ2v) is 6.67. The maximum Gasteiger partial charge on any atom is 0.264 e. The minimum absolute atomic E-state index is 0.131. The average Bonchev–Trinajstić information content (AvgIpc) is 3.04. The summed E-state index contributed by atoms with van der Waals surface area (Å²) < 4.78 is 1.01. The quantitative estimate of drug-likeness (QED) is 0.823. The predicted molar refractivity (Wildman–Crippen MR) is 87.1 cm³/mol. The highest BCUT2D eigenvalue weighted by atomic mass is 79.9. The van der Waals surface area contributed by atoms with E-state index in [-0.39, 0.29) is 5.91 Å². The van der Waals surface area contributed by atoms with Gasteiger partial charge in [-0.2, -0.15) is 4.99 Å². The first kappa shape index (κ1) is 13.5. The molecular weight excluding hydrogens is 358 g/mol. The molecule has 1 aliphatic rings. The van der Waals surface area contributed by atoms with Crippen LogP contribution in [-0.4, -0.2) is 16.1 Å². The highest BCUT2D eigenvalue weighted by Crippen LogP contribution is 2.28. The third-order valence-electron chi connectivity index (χ3n) is 2.44. The van der Waals surface area contributed by atoms with E-state index in [0.29, 0.717) is 15.2 Å². The number of amides is 1. The van der Waals surface area contributed by atoms with Gasteiger partial charge in [0.15, 0.2) is 5.17 Å². The van der Waals surface area contributed by atoms with Gasteiger partial charge in [-0.1, -0.05) is 28.1 Å². The second kappa shape index (κ2) is 5.90. The number of carbonyl (C=O) groups excluding carboxylic acids is 1. The van der Waals surface area contributed by atoms with Crippen LogP contribution in [0.1, 0.15) is 5.56 Å². The molecule has 2 heterocycles. The van der Waals surface area contributed by atoms with Crippen molar-refractivity contribution < 1.29 is 4.79 Å². The first-order chi connectivity index (χ1) is 9.70. The molecule has 0 radical (unpaired) electrons. The molecule has 0 spiro atoms. The lowest BCUT2D eigenvalue weighted by Gasteiger charge is -1.95. The first-order valence-electron chi connectivity index (χ1n) is 5.65. The van der Waals surface area contributed by atoms with E-state index in [9.17, 15) is 4.79 Å².